The number of carbonyl (C=O) groups excluding carboxylic acids is 1. The van der Waals surface area contributed by atoms with Crippen molar-refractivity contribution in [1.29, 1.82) is 0 Å². The number of aliphatic carboxylic acids is 1. The van der Waals surface area contributed by atoms with Gasteiger partial charge in [0.05, 0.1) is 5.02 Å². The second kappa shape index (κ2) is 5.23. The highest BCUT2D eigenvalue weighted by Gasteiger charge is 2.30. The fraction of sp³-hybridized carbons (Fsp3) is 0.231. The van der Waals surface area contributed by atoms with E-state index in [-0.39, 0.29) is 21.6 Å². The molecule has 0 heterocycles. The van der Waals surface area contributed by atoms with Gasteiger partial charge in [0.15, 0.2) is 12.4 Å². The molecule has 1 aromatic rings. The van der Waals surface area contributed by atoms with Gasteiger partial charge in [0.2, 0.25) is 0 Å². The van der Waals surface area contributed by atoms with Gasteiger partial charge in [-0.15, -0.1) is 0 Å². The second-order valence-electron chi connectivity index (χ2n) is 4.04. The number of rotatable bonds is 3. The first-order chi connectivity index (χ1) is 8.95. The SMILES string of the molecule is C/C=C1\Cc2cc(OCC(=O)O)c(Cl)c(Cl)c2C1=O. The number of Topliss-reactive ketones (excluding diaryl/α,β-unsaturated/α-hetero) is 1. The lowest BCUT2D eigenvalue weighted by Crippen LogP contribution is -2.10. The molecule has 1 N–H and O–H groups in total. The quantitative estimate of drug-likeness (QED) is 0.871. The molecule has 0 atom stereocenters. The van der Waals surface area contributed by atoms with Crippen LogP contribution in [0.2, 0.25) is 10.0 Å². The fourth-order valence-electron chi connectivity index (χ4n) is 1.96. The maximum absolute atomic E-state index is 12.0. The maximum Gasteiger partial charge on any atom is 0.341 e. The summed E-state index contributed by atoms with van der Waals surface area (Å²) < 4.78 is 5.06. The number of ether oxygens (including phenoxy) is 1. The van der Waals surface area contributed by atoms with E-state index in [0.29, 0.717) is 23.1 Å². The lowest BCUT2D eigenvalue weighted by molar-refractivity contribution is -0.139. The van der Waals surface area contributed by atoms with Crippen LogP contribution in [-0.2, 0) is 11.2 Å². The van der Waals surface area contributed by atoms with Gasteiger partial charge in [-0.2, -0.15) is 0 Å². The standard InChI is InChI=1S/C13H10Cl2O4/c1-2-6-3-7-4-8(19-5-9(16)17)11(14)12(15)10(7)13(6)18/h2,4H,3,5H2,1H3,(H,16,17)/b6-2+. The van der Waals surface area contributed by atoms with Crippen LogP contribution in [-0.4, -0.2) is 23.5 Å². The Hall–Kier alpha value is -1.52. The molecule has 0 aromatic heterocycles. The highest BCUT2D eigenvalue weighted by atomic mass is 35.5. The molecule has 100 valence electrons. The molecule has 4 nitrogen and oxygen atoms in total. The molecule has 0 amide bonds. The zero-order chi connectivity index (χ0) is 14.2. The van der Waals surface area contributed by atoms with Crippen molar-refractivity contribution < 1.29 is 19.4 Å². The van der Waals surface area contributed by atoms with Crippen molar-refractivity contribution in [3.05, 3.63) is 38.9 Å². The van der Waals surface area contributed by atoms with E-state index in [1.807, 2.05) is 0 Å². The summed E-state index contributed by atoms with van der Waals surface area (Å²) >= 11 is 12.1. The summed E-state index contributed by atoms with van der Waals surface area (Å²) in [7, 11) is 0. The average Bonchev–Trinajstić information content (AvgIpc) is 2.68. The number of carbonyl (C=O) groups is 2. The van der Waals surface area contributed by atoms with Crippen LogP contribution < -0.4 is 4.74 Å². The third-order valence-corrected chi connectivity index (χ3v) is 3.70. The zero-order valence-corrected chi connectivity index (χ0v) is 11.5. The van der Waals surface area contributed by atoms with Gasteiger partial charge in [-0.3, -0.25) is 4.79 Å². The minimum atomic E-state index is -1.11. The molecule has 0 bridgehead atoms. The Morgan fingerprint density at radius 3 is 2.74 bits per heavy atom. The van der Waals surface area contributed by atoms with Gasteiger partial charge in [-0.1, -0.05) is 29.3 Å². The highest BCUT2D eigenvalue weighted by Crippen LogP contribution is 2.41. The lowest BCUT2D eigenvalue weighted by Gasteiger charge is -2.10. The van der Waals surface area contributed by atoms with Gasteiger partial charge in [-0.25, -0.2) is 4.79 Å². The maximum atomic E-state index is 12.0. The molecule has 0 aliphatic heterocycles. The van der Waals surface area contributed by atoms with Crippen LogP contribution >= 0.6 is 23.2 Å². The number of hydrogen-bond acceptors (Lipinski definition) is 3. The number of ketones is 1. The Bertz CT molecular complexity index is 605. The molecular weight excluding hydrogens is 291 g/mol. The Labute approximate surface area is 119 Å². The molecular formula is C13H10Cl2O4. The third kappa shape index (κ3) is 2.46. The first-order valence-corrected chi connectivity index (χ1v) is 6.26. The first kappa shape index (κ1) is 13.9. The number of benzene rings is 1. The van der Waals surface area contributed by atoms with E-state index in [2.05, 4.69) is 0 Å². The fourth-order valence-corrected chi connectivity index (χ4v) is 2.47. The molecule has 0 spiro atoms. The van der Waals surface area contributed by atoms with E-state index < -0.39 is 12.6 Å². The molecule has 0 saturated heterocycles. The Morgan fingerprint density at radius 1 is 1.47 bits per heavy atom. The molecule has 1 aromatic carbocycles. The van der Waals surface area contributed by atoms with Crippen molar-refractivity contribution in [2.45, 2.75) is 13.3 Å². The summed E-state index contributed by atoms with van der Waals surface area (Å²) in [5, 5.41) is 8.76. The van der Waals surface area contributed by atoms with Crippen molar-refractivity contribution >= 4 is 35.0 Å². The van der Waals surface area contributed by atoms with E-state index in [1.54, 1.807) is 19.1 Å². The molecule has 2 rings (SSSR count). The smallest absolute Gasteiger partial charge is 0.341 e. The van der Waals surface area contributed by atoms with E-state index in [9.17, 15) is 9.59 Å². The molecule has 0 radical (unpaired) electrons. The summed E-state index contributed by atoms with van der Waals surface area (Å²) in [6, 6.07) is 1.57. The normalized spacial score (nSPS) is 15.7. The van der Waals surface area contributed by atoms with Gasteiger partial charge >= 0.3 is 5.97 Å². The van der Waals surface area contributed by atoms with Crippen molar-refractivity contribution in [3.63, 3.8) is 0 Å². The topological polar surface area (TPSA) is 63.6 Å². The van der Waals surface area contributed by atoms with Crippen molar-refractivity contribution in [3.8, 4) is 5.75 Å². The predicted molar refractivity (Wildman–Crippen MR) is 71.4 cm³/mol. The summed E-state index contributed by atoms with van der Waals surface area (Å²) in [4.78, 5) is 22.5. The zero-order valence-electron chi connectivity index (χ0n) is 10.00. The van der Waals surface area contributed by atoms with E-state index in [1.165, 1.54) is 0 Å². The summed E-state index contributed by atoms with van der Waals surface area (Å²) in [6.07, 6.45) is 2.18. The molecule has 0 unspecified atom stereocenters. The molecule has 1 aliphatic carbocycles. The van der Waals surface area contributed by atoms with Crippen LogP contribution in [0.5, 0.6) is 5.75 Å². The van der Waals surface area contributed by atoms with Gasteiger partial charge in [0.25, 0.3) is 0 Å². The summed E-state index contributed by atoms with van der Waals surface area (Å²) in [5.41, 5.74) is 1.72. The van der Waals surface area contributed by atoms with Gasteiger partial charge in [0, 0.05) is 17.6 Å². The molecule has 1 aliphatic rings. The van der Waals surface area contributed by atoms with Crippen molar-refractivity contribution in [2.75, 3.05) is 6.61 Å². The largest absolute Gasteiger partial charge is 0.480 e. The number of halogens is 2. The van der Waals surface area contributed by atoms with Crippen LogP contribution in [0.3, 0.4) is 0 Å². The van der Waals surface area contributed by atoms with Gasteiger partial charge in [0.1, 0.15) is 10.8 Å². The number of carboxylic acids is 1. The number of allylic oxidation sites excluding steroid dienone is 2. The van der Waals surface area contributed by atoms with Crippen molar-refractivity contribution in [2.24, 2.45) is 0 Å². The van der Waals surface area contributed by atoms with Crippen LogP contribution in [0.15, 0.2) is 17.7 Å². The van der Waals surface area contributed by atoms with E-state index in [4.69, 9.17) is 33.0 Å². The average molecular weight is 301 g/mol. The Morgan fingerprint density at radius 2 is 2.16 bits per heavy atom. The second-order valence-corrected chi connectivity index (χ2v) is 4.79. The molecule has 0 fully saturated rings. The minimum Gasteiger partial charge on any atom is -0.480 e. The van der Waals surface area contributed by atoms with Gasteiger partial charge < -0.3 is 9.84 Å². The van der Waals surface area contributed by atoms with E-state index >= 15 is 0 Å². The Balaban J connectivity index is 2.46. The summed E-state index contributed by atoms with van der Waals surface area (Å²) in [6.45, 7) is 1.26. The number of hydrogen-bond donors (Lipinski definition) is 1. The Kier molecular flexibility index (Phi) is 3.83. The molecule has 19 heavy (non-hydrogen) atoms. The first-order valence-electron chi connectivity index (χ1n) is 5.51. The van der Waals surface area contributed by atoms with Crippen LogP contribution in [0.25, 0.3) is 0 Å². The van der Waals surface area contributed by atoms with Crippen LogP contribution in [0.1, 0.15) is 22.8 Å². The number of carboxylic acid groups (broad SMARTS) is 1. The van der Waals surface area contributed by atoms with Crippen molar-refractivity contribution in [1.82, 2.24) is 0 Å². The van der Waals surface area contributed by atoms with Crippen LogP contribution in [0, 0.1) is 0 Å². The lowest BCUT2D eigenvalue weighted by atomic mass is 10.1. The molecule has 0 saturated carbocycles. The predicted octanol–water partition coefficient (Wildman–Crippen LogP) is 3.14. The molecule has 6 heteroatoms. The monoisotopic (exact) mass is 300 g/mol. The van der Waals surface area contributed by atoms with Crippen LogP contribution in [0.4, 0.5) is 0 Å². The third-order valence-electron chi connectivity index (χ3n) is 2.85. The highest BCUT2D eigenvalue weighted by molar-refractivity contribution is 6.45. The summed E-state index contributed by atoms with van der Waals surface area (Å²) in [5.74, 6) is -1.08. The van der Waals surface area contributed by atoms with Gasteiger partial charge in [-0.05, 0) is 18.6 Å². The van der Waals surface area contributed by atoms with E-state index in [0.717, 1.165) is 0 Å². The minimum absolute atomic E-state index is 0.0624. The number of fused-ring (bicyclic) bond motifs is 1.